The Kier molecular flexibility index (Phi) is 6.02. The maximum absolute atomic E-state index is 5.83. The van der Waals surface area contributed by atoms with Crippen LogP contribution >= 0.6 is 12.4 Å². The van der Waals surface area contributed by atoms with Gasteiger partial charge in [-0.05, 0) is 18.1 Å². The van der Waals surface area contributed by atoms with Gasteiger partial charge in [0.1, 0.15) is 0 Å². The molecular weight excluding hydrogens is 262 g/mol. The number of hydrogen-bond acceptors (Lipinski definition) is 3. The minimum absolute atomic E-state index is 0. The van der Waals surface area contributed by atoms with Gasteiger partial charge in [-0.15, -0.1) is 12.4 Å². The fourth-order valence-corrected chi connectivity index (χ4v) is 1.80. The smallest absolute Gasteiger partial charge is 0.0658 e. The Bertz CT molecular complexity index is 494. The van der Waals surface area contributed by atoms with E-state index in [0.717, 1.165) is 23.2 Å². The molecule has 0 fully saturated rings. The predicted molar refractivity (Wildman–Crippen MR) is 79.4 cm³/mol. The molecule has 4 nitrogen and oxygen atoms in total. The van der Waals surface area contributed by atoms with E-state index in [0.29, 0.717) is 6.61 Å². The molecule has 1 unspecified atom stereocenters. The highest BCUT2D eigenvalue weighted by atomic mass is 35.5. The lowest BCUT2D eigenvalue weighted by Crippen LogP contribution is -2.04. The van der Waals surface area contributed by atoms with E-state index in [1.165, 1.54) is 0 Å². The molecule has 0 aliphatic carbocycles. The van der Waals surface area contributed by atoms with Crippen molar-refractivity contribution in [2.24, 2.45) is 5.73 Å². The summed E-state index contributed by atoms with van der Waals surface area (Å²) in [4.78, 5) is 0. The Morgan fingerprint density at radius 3 is 2.53 bits per heavy atom. The molecule has 2 rings (SSSR count). The van der Waals surface area contributed by atoms with Crippen molar-refractivity contribution in [2.45, 2.75) is 19.5 Å². The van der Waals surface area contributed by atoms with Crippen LogP contribution < -0.4 is 5.73 Å². The van der Waals surface area contributed by atoms with E-state index in [-0.39, 0.29) is 18.4 Å². The molecule has 0 radical (unpaired) electrons. The second-order valence-electron chi connectivity index (χ2n) is 4.40. The lowest BCUT2D eigenvalue weighted by Gasteiger charge is -2.05. The average Bonchev–Trinajstić information content (AvgIpc) is 2.85. The molecule has 0 amide bonds. The van der Waals surface area contributed by atoms with Gasteiger partial charge in [-0.1, -0.05) is 24.3 Å². The molecular formula is C14H20ClN3O. The first-order valence-corrected chi connectivity index (χ1v) is 6.08. The minimum Gasteiger partial charge on any atom is -0.383 e. The summed E-state index contributed by atoms with van der Waals surface area (Å²) >= 11 is 0. The lowest BCUT2D eigenvalue weighted by atomic mass is 10.0. The van der Waals surface area contributed by atoms with E-state index >= 15 is 0 Å². The van der Waals surface area contributed by atoms with Crippen molar-refractivity contribution in [3.05, 3.63) is 42.2 Å². The van der Waals surface area contributed by atoms with E-state index in [1.54, 1.807) is 7.11 Å². The lowest BCUT2D eigenvalue weighted by molar-refractivity contribution is 0.183. The van der Waals surface area contributed by atoms with Crippen LogP contribution in [-0.2, 0) is 11.3 Å². The van der Waals surface area contributed by atoms with Gasteiger partial charge in [0.2, 0.25) is 0 Å². The molecule has 19 heavy (non-hydrogen) atoms. The van der Waals surface area contributed by atoms with Crippen LogP contribution in [0, 0.1) is 0 Å². The number of nitrogens with two attached hydrogens (primary N) is 1. The van der Waals surface area contributed by atoms with Gasteiger partial charge < -0.3 is 10.5 Å². The van der Waals surface area contributed by atoms with Crippen molar-refractivity contribution >= 4 is 12.4 Å². The summed E-state index contributed by atoms with van der Waals surface area (Å²) in [6.07, 6.45) is 3.90. The second-order valence-corrected chi connectivity index (χ2v) is 4.40. The Labute approximate surface area is 120 Å². The van der Waals surface area contributed by atoms with Crippen LogP contribution in [-0.4, -0.2) is 23.5 Å². The number of hydrogen-bond donors (Lipinski definition) is 1. The zero-order valence-corrected chi connectivity index (χ0v) is 12.1. The largest absolute Gasteiger partial charge is 0.383 e. The maximum atomic E-state index is 5.83. The normalized spacial score (nSPS) is 11.9. The van der Waals surface area contributed by atoms with Gasteiger partial charge in [0.05, 0.1) is 19.3 Å². The predicted octanol–water partition coefficient (Wildman–Crippen LogP) is 2.64. The molecule has 5 heteroatoms. The number of benzene rings is 1. The summed E-state index contributed by atoms with van der Waals surface area (Å²) in [6, 6.07) is 8.36. The summed E-state index contributed by atoms with van der Waals surface area (Å²) in [6.45, 7) is 3.43. The summed E-state index contributed by atoms with van der Waals surface area (Å²) in [7, 11) is 1.69. The quantitative estimate of drug-likeness (QED) is 0.917. The summed E-state index contributed by atoms with van der Waals surface area (Å²) < 4.78 is 6.92. The Morgan fingerprint density at radius 1 is 1.26 bits per heavy atom. The zero-order chi connectivity index (χ0) is 13.0. The van der Waals surface area contributed by atoms with Crippen LogP contribution in [0.4, 0.5) is 0 Å². The highest BCUT2D eigenvalue weighted by molar-refractivity contribution is 5.85. The molecule has 1 heterocycles. The van der Waals surface area contributed by atoms with Gasteiger partial charge in [0.25, 0.3) is 0 Å². The van der Waals surface area contributed by atoms with E-state index in [4.69, 9.17) is 10.5 Å². The summed E-state index contributed by atoms with van der Waals surface area (Å²) in [5.41, 5.74) is 9.24. The highest BCUT2D eigenvalue weighted by Gasteiger charge is 2.03. The summed E-state index contributed by atoms with van der Waals surface area (Å²) in [5.74, 6) is 0. The van der Waals surface area contributed by atoms with E-state index < -0.39 is 0 Å². The van der Waals surface area contributed by atoms with E-state index in [9.17, 15) is 0 Å². The first kappa shape index (κ1) is 15.7. The van der Waals surface area contributed by atoms with Gasteiger partial charge in [-0.2, -0.15) is 5.10 Å². The standard InChI is InChI=1S/C14H19N3O.ClH/c1-11(15)12-3-5-13(6-4-12)14-9-16-17(10-14)7-8-18-2;/h3-6,9-11H,7-8,15H2,1-2H3;1H. The van der Waals surface area contributed by atoms with Gasteiger partial charge in [-0.25, -0.2) is 0 Å². The first-order chi connectivity index (χ1) is 8.70. The van der Waals surface area contributed by atoms with Crippen LogP contribution in [0.3, 0.4) is 0 Å². The number of aromatic nitrogens is 2. The van der Waals surface area contributed by atoms with Crippen LogP contribution in [0.1, 0.15) is 18.5 Å². The third-order valence-electron chi connectivity index (χ3n) is 2.93. The molecule has 0 spiro atoms. The number of ether oxygens (including phenoxy) is 1. The van der Waals surface area contributed by atoms with Gasteiger partial charge in [0.15, 0.2) is 0 Å². The fourth-order valence-electron chi connectivity index (χ4n) is 1.80. The maximum Gasteiger partial charge on any atom is 0.0658 e. The Balaban J connectivity index is 0.00000180. The second kappa shape index (κ2) is 7.28. The van der Waals surface area contributed by atoms with Crippen LogP contribution in [0.25, 0.3) is 11.1 Å². The van der Waals surface area contributed by atoms with Gasteiger partial charge >= 0.3 is 0 Å². The molecule has 0 aliphatic rings. The van der Waals surface area contributed by atoms with E-state index in [2.05, 4.69) is 29.4 Å². The minimum atomic E-state index is 0. The monoisotopic (exact) mass is 281 g/mol. The van der Waals surface area contributed by atoms with Crippen LogP contribution in [0.5, 0.6) is 0 Å². The topological polar surface area (TPSA) is 53.1 Å². The number of halogens is 1. The number of rotatable bonds is 5. The van der Waals surface area contributed by atoms with Crippen molar-refractivity contribution in [3.63, 3.8) is 0 Å². The Morgan fingerprint density at radius 2 is 1.95 bits per heavy atom. The molecule has 2 aromatic rings. The number of nitrogens with zero attached hydrogens (tertiary/aromatic N) is 2. The molecule has 1 aromatic heterocycles. The van der Waals surface area contributed by atoms with Crippen molar-refractivity contribution in [2.75, 3.05) is 13.7 Å². The molecule has 0 saturated heterocycles. The van der Waals surface area contributed by atoms with Gasteiger partial charge in [0, 0.05) is 24.9 Å². The molecule has 0 aliphatic heterocycles. The van der Waals surface area contributed by atoms with Crippen molar-refractivity contribution in [3.8, 4) is 11.1 Å². The Hall–Kier alpha value is -1.36. The molecule has 104 valence electrons. The van der Waals surface area contributed by atoms with Crippen molar-refractivity contribution in [1.29, 1.82) is 0 Å². The zero-order valence-electron chi connectivity index (χ0n) is 11.2. The average molecular weight is 282 g/mol. The van der Waals surface area contributed by atoms with Crippen molar-refractivity contribution < 1.29 is 4.74 Å². The van der Waals surface area contributed by atoms with Gasteiger partial charge in [-0.3, -0.25) is 4.68 Å². The SMILES string of the molecule is COCCn1cc(-c2ccc(C(C)N)cc2)cn1.Cl. The molecule has 0 bridgehead atoms. The molecule has 2 N–H and O–H groups in total. The van der Waals surface area contributed by atoms with Crippen LogP contribution in [0.15, 0.2) is 36.7 Å². The summed E-state index contributed by atoms with van der Waals surface area (Å²) in [5, 5.41) is 4.30. The molecule has 1 atom stereocenters. The molecule has 0 saturated carbocycles. The number of methoxy groups -OCH3 is 1. The van der Waals surface area contributed by atoms with E-state index in [1.807, 2.05) is 24.0 Å². The molecule has 1 aromatic carbocycles. The first-order valence-electron chi connectivity index (χ1n) is 6.08. The van der Waals surface area contributed by atoms with Crippen molar-refractivity contribution in [1.82, 2.24) is 9.78 Å². The fraction of sp³-hybridized carbons (Fsp3) is 0.357. The third-order valence-corrected chi connectivity index (χ3v) is 2.93. The van der Waals surface area contributed by atoms with Crippen LogP contribution in [0.2, 0.25) is 0 Å². The highest BCUT2D eigenvalue weighted by Crippen LogP contribution is 2.20. The third kappa shape index (κ3) is 4.06.